The van der Waals surface area contributed by atoms with Crippen LogP contribution >= 0.6 is 0 Å². The van der Waals surface area contributed by atoms with Gasteiger partial charge in [-0.3, -0.25) is 4.79 Å². The van der Waals surface area contributed by atoms with Gasteiger partial charge in [0, 0.05) is 5.57 Å². The van der Waals surface area contributed by atoms with Crippen molar-refractivity contribution < 1.29 is 4.79 Å². The summed E-state index contributed by atoms with van der Waals surface area (Å²) in [4.78, 5) is 11.2. The average molecular weight is 201 g/mol. The van der Waals surface area contributed by atoms with Crippen molar-refractivity contribution in [1.29, 1.82) is 0 Å². The molecule has 2 nitrogen and oxygen atoms in total. The standard InChI is InChI=1S/C13H15NO/c1-2-3-5-10-12(13(14)15)11-8-6-4-7-9-11/h2,4,6-10H,1,3,5H2,(H2,14,15). The summed E-state index contributed by atoms with van der Waals surface area (Å²) in [5, 5.41) is 0. The Labute approximate surface area is 90.1 Å². The van der Waals surface area contributed by atoms with Crippen molar-refractivity contribution in [2.75, 3.05) is 0 Å². The lowest BCUT2D eigenvalue weighted by molar-refractivity contribution is -0.112. The molecular weight excluding hydrogens is 186 g/mol. The zero-order valence-electron chi connectivity index (χ0n) is 8.65. The Bertz CT molecular complexity index is 365. The third-order valence-corrected chi connectivity index (χ3v) is 2.07. The van der Waals surface area contributed by atoms with Gasteiger partial charge in [-0.1, -0.05) is 42.5 Å². The molecule has 1 aromatic carbocycles. The van der Waals surface area contributed by atoms with E-state index in [1.807, 2.05) is 42.5 Å². The summed E-state index contributed by atoms with van der Waals surface area (Å²) in [6.07, 6.45) is 5.32. The molecule has 0 bridgehead atoms. The summed E-state index contributed by atoms with van der Waals surface area (Å²) in [5.41, 5.74) is 6.77. The number of carbonyl (C=O) groups is 1. The van der Waals surface area contributed by atoms with Gasteiger partial charge in [-0.2, -0.15) is 0 Å². The number of primary amides is 1. The Kier molecular flexibility index (Phi) is 4.35. The topological polar surface area (TPSA) is 43.1 Å². The number of amides is 1. The Balaban J connectivity index is 2.88. The Morgan fingerprint density at radius 2 is 1.93 bits per heavy atom. The number of nitrogens with two attached hydrogens (primary N) is 1. The largest absolute Gasteiger partial charge is 0.366 e. The van der Waals surface area contributed by atoms with Gasteiger partial charge in [0.05, 0.1) is 0 Å². The van der Waals surface area contributed by atoms with Crippen LogP contribution in [0.3, 0.4) is 0 Å². The fourth-order valence-corrected chi connectivity index (χ4v) is 1.32. The predicted molar refractivity (Wildman–Crippen MR) is 63.0 cm³/mol. The number of allylic oxidation sites excluding steroid dienone is 2. The monoisotopic (exact) mass is 201 g/mol. The fourth-order valence-electron chi connectivity index (χ4n) is 1.32. The molecule has 0 unspecified atom stereocenters. The number of hydrogen-bond acceptors (Lipinski definition) is 1. The number of hydrogen-bond donors (Lipinski definition) is 1. The molecule has 0 aliphatic carbocycles. The van der Waals surface area contributed by atoms with E-state index >= 15 is 0 Å². The van der Waals surface area contributed by atoms with Crippen molar-refractivity contribution >= 4 is 11.5 Å². The maximum Gasteiger partial charge on any atom is 0.248 e. The molecule has 0 aromatic heterocycles. The number of carbonyl (C=O) groups excluding carboxylic acids is 1. The molecule has 0 atom stereocenters. The normalized spacial score (nSPS) is 11.1. The van der Waals surface area contributed by atoms with Crippen LogP contribution in [0.1, 0.15) is 18.4 Å². The highest BCUT2D eigenvalue weighted by Gasteiger charge is 2.05. The molecule has 2 N–H and O–H groups in total. The highest BCUT2D eigenvalue weighted by atomic mass is 16.1. The van der Waals surface area contributed by atoms with E-state index in [9.17, 15) is 4.79 Å². The molecule has 0 heterocycles. The van der Waals surface area contributed by atoms with Crippen molar-refractivity contribution in [3.05, 3.63) is 54.6 Å². The first-order valence-electron chi connectivity index (χ1n) is 4.92. The highest BCUT2D eigenvalue weighted by molar-refractivity contribution is 6.18. The average Bonchev–Trinajstić information content (AvgIpc) is 2.25. The second-order valence-corrected chi connectivity index (χ2v) is 3.21. The molecule has 78 valence electrons. The minimum Gasteiger partial charge on any atom is -0.366 e. The Morgan fingerprint density at radius 1 is 1.27 bits per heavy atom. The van der Waals surface area contributed by atoms with Crippen molar-refractivity contribution in [3.8, 4) is 0 Å². The van der Waals surface area contributed by atoms with E-state index < -0.39 is 0 Å². The van der Waals surface area contributed by atoms with Gasteiger partial charge in [-0.25, -0.2) is 0 Å². The lowest BCUT2D eigenvalue weighted by Gasteiger charge is -2.02. The zero-order chi connectivity index (χ0) is 11.1. The molecule has 1 amide bonds. The second-order valence-electron chi connectivity index (χ2n) is 3.21. The zero-order valence-corrected chi connectivity index (χ0v) is 8.65. The molecule has 0 radical (unpaired) electrons. The molecule has 0 saturated carbocycles. The summed E-state index contributed by atoms with van der Waals surface area (Å²) in [6, 6.07) is 9.44. The molecule has 0 aliphatic rings. The van der Waals surface area contributed by atoms with Gasteiger partial charge in [0.2, 0.25) is 5.91 Å². The second kappa shape index (κ2) is 5.81. The summed E-state index contributed by atoms with van der Waals surface area (Å²) in [7, 11) is 0. The van der Waals surface area contributed by atoms with E-state index in [1.165, 1.54) is 0 Å². The lowest BCUT2D eigenvalue weighted by atomic mass is 10.0. The van der Waals surface area contributed by atoms with Gasteiger partial charge >= 0.3 is 0 Å². The summed E-state index contributed by atoms with van der Waals surface area (Å²) in [5.74, 6) is -0.384. The summed E-state index contributed by atoms with van der Waals surface area (Å²) < 4.78 is 0. The van der Waals surface area contributed by atoms with Crippen molar-refractivity contribution in [2.24, 2.45) is 5.73 Å². The Hall–Kier alpha value is -1.83. The van der Waals surface area contributed by atoms with E-state index in [0.717, 1.165) is 18.4 Å². The van der Waals surface area contributed by atoms with E-state index in [-0.39, 0.29) is 5.91 Å². The third kappa shape index (κ3) is 3.43. The van der Waals surface area contributed by atoms with Crippen LogP contribution in [-0.2, 0) is 4.79 Å². The van der Waals surface area contributed by atoms with Crippen LogP contribution in [0.4, 0.5) is 0 Å². The van der Waals surface area contributed by atoms with Crippen LogP contribution in [-0.4, -0.2) is 5.91 Å². The number of unbranched alkanes of at least 4 members (excludes halogenated alkanes) is 1. The molecule has 0 saturated heterocycles. The van der Waals surface area contributed by atoms with Gasteiger partial charge in [-0.05, 0) is 18.4 Å². The summed E-state index contributed by atoms with van der Waals surface area (Å²) >= 11 is 0. The first kappa shape index (κ1) is 11.2. The maximum absolute atomic E-state index is 11.2. The van der Waals surface area contributed by atoms with E-state index in [2.05, 4.69) is 6.58 Å². The fraction of sp³-hybridized carbons (Fsp3) is 0.154. The highest BCUT2D eigenvalue weighted by Crippen LogP contribution is 2.14. The first-order chi connectivity index (χ1) is 7.25. The number of benzene rings is 1. The lowest BCUT2D eigenvalue weighted by Crippen LogP contribution is -2.12. The molecule has 0 spiro atoms. The van der Waals surface area contributed by atoms with Gasteiger partial charge in [0.1, 0.15) is 0 Å². The van der Waals surface area contributed by atoms with Crippen LogP contribution in [0.25, 0.3) is 5.57 Å². The predicted octanol–water partition coefficient (Wildman–Crippen LogP) is 2.52. The van der Waals surface area contributed by atoms with E-state index in [0.29, 0.717) is 5.57 Å². The van der Waals surface area contributed by atoms with E-state index in [4.69, 9.17) is 5.73 Å². The van der Waals surface area contributed by atoms with Crippen molar-refractivity contribution in [3.63, 3.8) is 0 Å². The molecule has 0 fully saturated rings. The summed E-state index contributed by atoms with van der Waals surface area (Å²) in [6.45, 7) is 3.63. The van der Waals surface area contributed by atoms with Crippen molar-refractivity contribution in [2.45, 2.75) is 12.8 Å². The Morgan fingerprint density at radius 3 is 2.47 bits per heavy atom. The van der Waals surface area contributed by atoms with Gasteiger partial charge in [0.15, 0.2) is 0 Å². The smallest absolute Gasteiger partial charge is 0.248 e. The third-order valence-electron chi connectivity index (χ3n) is 2.07. The van der Waals surface area contributed by atoms with Gasteiger partial charge in [-0.15, -0.1) is 6.58 Å². The maximum atomic E-state index is 11.2. The quantitative estimate of drug-likeness (QED) is 0.444. The van der Waals surface area contributed by atoms with Crippen molar-refractivity contribution in [1.82, 2.24) is 0 Å². The molecular formula is C13H15NO. The minimum absolute atomic E-state index is 0.384. The minimum atomic E-state index is -0.384. The van der Waals surface area contributed by atoms with Crippen LogP contribution in [0.2, 0.25) is 0 Å². The van der Waals surface area contributed by atoms with Crippen LogP contribution < -0.4 is 5.73 Å². The van der Waals surface area contributed by atoms with E-state index in [1.54, 1.807) is 0 Å². The SMILES string of the molecule is C=CCCC=C(C(N)=O)c1ccccc1. The first-order valence-corrected chi connectivity index (χ1v) is 4.92. The molecule has 0 aliphatic heterocycles. The number of rotatable bonds is 5. The molecule has 1 rings (SSSR count). The molecule has 2 heteroatoms. The molecule has 15 heavy (non-hydrogen) atoms. The van der Waals surface area contributed by atoms with Crippen LogP contribution in [0, 0.1) is 0 Å². The van der Waals surface area contributed by atoms with Gasteiger partial charge < -0.3 is 5.73 Å². The van der Waals surface area contributed by atoms with Crippen LogP contribution in [0.5, 0.6) is 0 Å². The van der Waals surface area contributed by atoms with Gasteiger partial charge in [0.25, 0.3) is 0 Å². The van der Waals surface area contributed by atoms with Crippen LogP contribution in [0.15, 0.2) is 49.1 Å². The molecule has 1 aromatic rings.